The van der Waals surface area contributed by atoms with Gasteiger partial charge in [0.1, 0.15) is 6.61 Å². The van der Waals surface area contributed by atoms with Gasteiger partial charge in [-0.15, -0.1) is 0 Å². The summed E-state index contributed by atoms with van der Waals surface area (Å²) < 4.78 is 41.4. The smallest absolute Gasteiger partial charge is 0.335 e. The van der Waals surface area contributed by atoms with Gasteiger partial charge >= 0.3 is 5.97 Å². The molecule has 1 heterocycles. The van der Waals surface area contributed by atoms with E-state index in [-0.39, 0.29) is 34.4 Å². The summed E-state index contributed by atoms with van der Waals surface area (Å²) in [6.45, 7) is 9.17. The van der Waals surface area contributed by atoms with Crippen LogP contribution in [0.4, 0.5) is 5.95 Å². The minimum Gasteiger partial charge on any atom is -0.478 e. The first-order valence-electron chi connectivity index (χ1n) is 15.8. The lowest BCUT2D eigenvalue weighted by Gasteiger charge is -2.38. The van der Waals surface area contributed by atoms with Gasteiger partial charge < -0.3 is 19.9 Å². The summed E-state index contributed by atoms with van der Waals surface area (Å²) in [6.07, 6.45) is 2.92. The number of ether oxygens (including phenoxy) is 2. The predicted octanol–water partition coefficient (Wildman–Crippen LogP) is 6.39. The summed E-state index contributed by atoms with van der Waals surface area (Å²) in [5.41, 5.74) is 4.30. The number of hydrogen-bond donors (Lipinski definition) is 3. The van der Waals surface area contributed by atoms with Crippen molar-refractivity contribution in [3.05, 3.63) is 101 Å². The van der Waals surface area contributed by atoms with Crippen LogP contribution >= 0.6 is 0 Å². The van der Waals surface area contributed by atoms with Crippen LogP contribution in [0.2, 0.25) is 0 Å². The Morgan fingerprint density at radius 1 is 0.957 bits per heavy atom. The number of carbonyl (C=O) groups is 1. The average molecular weight is 659 g/mol. The lowest BCUT2D eigenvalue weighted by Crippen LogP contribution is -2.51. The summed E-state index contributed by atoms with van der Waals surface area (Å²) in [5, 5.41) is 13.1. The molecule has 0 unspecified atom stereocenters. The molecule has 1 aliphatic rings. The van der Waals surface area contributed by atoms with E-state index in [2.05, 4.69) is 46.0 Å². The highest BCUT2D eigenvalue weighted by atomic mass is 32.2. The van der Waals surface area contributed by atoms with Crippen LogP contribution in [0.3, 0.4) is 0 Å². The van der Waals surface area contributed by atoms with Crippen molar-refractivity contribution in [3.63, 3.8) is 0 Å². The van der Waals surface area contributed by atoms with Crippen molar-refractivity contribution < 1.29 is 27.8 Å². The van der Waals surface area contributed by atoms with Crippen LogP contribution in [0.5, 0.6) is 5.88 Å². The minimum absolute atomic E-state index is 0.0348. The van der Waals surface area contributed by atoms with Crippen molar-refractivity contribution in [1.29, 1.82) is 0 Å². The zero-order chi connectivity index (χ0) is 33.6. The molecule has 10 nitrogen and oxygen atoms in total. The van der Waals surface area contributed by atoms with Crippen LogP contribution < -0.4 is 14.8 Å². The fourth-order valence-corrected chi connectivity index (χ4v) is 6.75. The van der Waals surface area contributed by atoms with Crippen LogP contribution in [0, 0.1) is 19.8 Å². The maximum atomic E-state index is 13.3. The maximum Gasteiger partial charge on any atom is 0.335 e. The van der Waals surface area contributed by atoms with Gasteiger partial charge in [0.25, 0.3) is 10.0 Å². The Labute approximate surface area is 276 Å². The second kappa shape index (κ2) is 15.1. The van der Waals surface area contributed by atoms with Crippen molar-refractivity contribution in [2.75, 3.05) is 11.3 Å². The number of carboxylic acid groups (broad SMARTS) is 1. The number of benzene rings is 3. The van der Waals surface area contributed by atoms with E-state index < -0.39 is 16.0 Å². The van der Waals surface area contributed by atoms with Crippen molar-refractivity contribution in [2.24, 2.45) is 5.92 Å². The van der Waals surface area contributed by atoms with Crippen LogP contribution in [0.25, 0.3) is 11.3 Å². The number of nitrogens with zero attached hydrogens (tertiary/aromatic N) is 2. The molecule has 4 aromatic rings. The van der Waals surface area contributed by atoms with Crippen molar-refractivity contribution in [2.45, 2.75) is 76.6 Å². The molecule has 1 fully saturated rings. The topological polar surface area (TPSA) is 140 Å². The summed E-state index contributed by atoms with van der Waals surface area (Å²) in [4.78, 5) is 20.2. The monoisotopic (exact) mass is 658 g/mol. The number of rotatable bonds is 15. The number of aromatic nitrogens is 2. The fraction of sp³-hybridized carbons (Fsp3) is 0.361. The Hall–Kier alpha value is -4.32. The third kappa shape index (κ3) is 9.15. The van der Waals surface area contributed by atoms with Crippen molar-refractivity contribution in [3.8, 4) is 17.1 Å². The standard InChI is InChI=1S/C36H42N4O6S/c1-23(2)16-29(37-28-18-30(19-28)45-21-26-12-6-5-7-13-26)22-46-33-20-32(34-24(3)10-8-11-25(34)4)38-36(39-33)40-47(43,44)31-15-9-14-27(17-31)35(41)42/h5-15,17,20,23,28-30,37H,16,18-19,21-22H2,1-4H3,(H,41,42)(H,38,39,40)/t28?,29-,30?/m1/s1. The van der Waals surface area contributed by atoms with Gasteiger partial charge in [0.15, 0.2) is 0 Å². The highest BCUT2D eigenvalue weighted by molar-refractivity contribution is 7.92. The van der Waals surface area contributed by atoms with E-state index in [9.17, 15) is 18.3 Å². The summed E-state index contributed by atoms with van der Waals surface area (Å²) in [6, 6.07) is 23.2. The largest absolute Gasteiger partial charge is 0.478 e. The number of hydrogen-bond acceptors (Lipinski definition) is 8. The number of aryl methyl sites for hydroxylation is 2. The SMILES string of the molecule is Cc1cccc(C)c1-c1cc(OC[C@@H](CC(C)C)NC2CC(OCc3ccccc3)C2)nc(NS(=O)(=O)c2cccc(C(=O)O)c2)n1. The summed E-state index contributed by atoms with van der Waals surface area (Å²) in [7, 11) is -4.21. The lowest BCUT2D eigenvalue weighted by atomic mass is 9.88. The van der Waals surface area contributed by atoms with E-state index in [1.165, 1.54) is 18.2 Å². The minimum atomic E-state index is -4.21. The molecule has 0 aliphatic heterocycles. The van der Waals surface area contributed by atoms with E-state index >= 15 is 0 Å². The molecule has 47 heavy (non-hydrogen) atoms. The molecule has 0 radical (unpaired) electrons. The normalized spacial score (nSPS) is 16.8. The number of anilines is 1. The van der Waals surface area contributed by atoms with Gasteiger partial charge in [-0.25, -0.2) is 22.9 Å². The van der Waals surface area contributed by atoms with Gasteiger partial charge in [-0.3, -0.25) is 0 Å². The molecule has 0 bridgehead atoms. The number of nitrogens with one attached hydrogen (secondary N) is 2. The number of carboxylic acids is 1. The molecular formula is C36H42N4O6S. The average Bonchev–Trinajstić information content (AvgIpc) is 3.00. The van der Waals surface area contributed by atoms with Gasteiger partial charge in [-0.05, 0) is 73.9 Å². The molecule has 1 saturated carbocycles. The molecule has 248 valence electrons. The van der Waals surface area contributed by atoms with Crippen molar-refractivity contribution in [1.82, 2.24) is 15.3 Å². The molecule has 5 rings (SSSR count). The Balaban J connectivity index is 1.32. The fourth-order valence-electron chi connectivity index (χ4n) is 5.77. The first-order valence-corrected chi connectivity index (χ1v) is 17.3. The van der Waals surface area contributed by atoms with Gasteiger partial charge in [-0.1, -0.05) is 68.4 Å². The van der Waals surface area contributed by atoms with Gasteiger partial charge in [-0.2, -0.15) is 4.98 Å². The zero-order valence-electron chi connectivity index (χ0n) is 27.1. The molecule has 3 aromatic carbocycles. The lowest BCUT2D eigenvalue weighted by molar-refractivity contribution is -0.0303. The molecule has 1 atom stereocenters. The van der Waals surface area contributed by atoms with E-state index in [1.54, 1.807) is 6.07 Å². The Morgan fingerprint density at radius 3 is 2.34 bits per heavy atom. The second-order valence-corrected chi connectivity index (χ2v) is 14.2. The quantitative estimate of drug-likeness (QED) is 0.133. The molecule has 11 heteroatoms. The second-order valence-electron chi connectivity index (χ2n) is 12.5. The summed E-state index contributed by atoms with van der Waals surface area (Å²) in [5.74, 6) is -0.761. The van der Waals surface area contributed by atoms with Crippen LogP contribution in [0.1, 0.15) is 60.2 Å². The van der Waals surface area contributed by atoms with Gasteiger partial charge in [0.2, 0.25) is 11.8 Å². The van der Waals surface area contributed by atoms with Crippen molar-refractivity contribution >= 4 is 21.9 Å². The highest BCUT2D eigenvalue weighted by Gasteiger charge is 2.32. The third-order valence-electron chi connectivity index (χ3n) is 8.14. The molecule has 1 aliphatic carbocycles. The zero-order valence-corrected chi connectivity index (χ0v) is 28.0. The Morgan fingerprint density at radius 2 is 1.66 bits per heavy atom. The van der Waals surface area contributed by atoms with E-state index in [0.29, 0.717) is 30.9 Å². The van der Waals surface area contributed by atoms with Gasteiger partial charge in [0, 0.05) is 23.7 Å². The molecule has 0 saturated heterocycles. The number of sulfonamides is 1. The van der Waals surface area contributed by atoms with Crippen LogP contribution in [0.15, 0.2) is 83.8 Å². The first-order chi connectivity index (χ1) is 22.5. The van der Waals surface area contributed by atoms with Gasteiger partial charge in [0.05, 0.1) is 28.9 Å². The molecule has 0 amide bonds. The first kappa shape index (κ1) is 34.0. The number of aromatic carboxylic acids is 1. The predicted molar refractivity (Wildman–Crippen MR) is 181 cm³/mol. The third-order valence-corrected chi connectivity index (χ3v) is 9.47. The Bertz CT molecular complexity index is 1770. The molecular weight excluding hydrogens is 616 g/mol. The maximum absolute atomic E-state index is 13.3. The van der Waals surface area contributed by atoms with Crippen LogP contribution in [-0.4, -0.2) is 54.3 Å². The Kier molecular flexibility index (Phi) is 10.9. The summed E-state index contributed by atoms with van der Waals surface area (Å²) >= 11 is 0. The van der Waals surface area contributed by atoms with E-state index in [1.807, 2.05) is 50.2 Å². The van der Waals surface area contributed by atoms with Crippen LogP contribution in [-0.2, 0) is 21.4 Å². The molecule has 3 N–H and O–H groups in total. The van der Waals surface area contributed by atoms with E-state index in [0.717, 1.165) is 47.6 Å². The molecule has 0 spiro atoms. The highest BCUT2D eigenvalue weighted by Crippen LogP contribution is 2.30. The van der Waals surface area contributed by atoms with E-state index in [4.69, 9.17) is 9.47 Å². The molecule has 1 aromatic heterocycles.